The summed E-state index contributed by atoms with van der Waals surface area (Å²) in [5, 5.41) is 9.04. The zero-order chi connectivity index (χ0) is 18.0. The maximum atomic E-state index is 11.0. The lowest BCUT2D eigenvalue weighted by Gasteiger charge is -2.30. The summed E-state index contributed by atoms with van der Waals surface area (Å²) in [6, 6.07) is 4.13. The fourth-order valence-corrected chi connectivity index (χ4v) is 2.54. The fraction of sp³-hybridized carbons (Fsp3) is 0.550. The average molecular weight is 318 g/mol. The predicted molar refractivity (Wildman–Crippen MR) is 96.3 cm³/mol. The highest BCUT2D eigenvalue weighted by Gasteiger charge is 2.28. The first-order chi connectivity index (χ1) is 10.4. The summed E-state index contributed by atoms with van der Waals surface area (Å²) in [7, 11) is 0. The standard InChI is InChI=1S/C20H30O3/c1-9-23-18-15(19(3,4)5)11-14(13(2)10-17(21)22)12-16(18)20(6,7)8/h10-12H,9H2,1-8H3,(H,21,22)/b13-10+. The molecule has 0 aliphatic carbocycles. The smallest absolute Gasteiger partial charge is 0.328 e. The molecule has 0 radical (unpaired) electrons. The van der Waals surface area contributed by atoms with Gasteiger partial charge in [0, 0.05) is 17.2 Å². The van der Waals surface area contributed by atoms with E-state index in [0.29, 0.717) is 6.61 Å². The van der Waals surface area contributed by atoms with E-state index in [0.717, 1.165) is 28.0 Å². The van der Waals surface area contributed by atoms with Crippen LogP contribution in [0, 0.1) is 0 Å². The van der Waals surface area contributed by atoms with E-state index in [2.05, 4.69) is 53.7 Å². The molecule has 3 nitrogen and oxygen atoms in total. The van der Waals surface area contributed by atoms with Gasteiger partial charge >= 0.3 is 5.97 Å². The van der Waals surface area contributed by atoms with Gasteiger partial charge in [0.2, 0.25) is 0 Å². The molecule has 1 rings (SSSR count). The van der Waals surface area contributed by atoms with E-state index in [1.165, 1.54) is 6.08 Å². The molecule has 0 unspecified atom stereocenters. The highest BCUT2D eigenvalue weighted by Crippen LogP contribution is 2.41. The maximum absolute atomic E-state index is 11.0. The third kappa shape index (κ3) is 4.85. The van der Waals surface area contributed by atoms with Gasteiger partial charge in [-0.1, -0.05) is 41.5 Å². The van der Waals surface area contributed by atoms with Gasteiger partial charge in [0.25, 0.3) is 0 Å². The highest BCUT2D eigenvalue weighted by molar-refractivity contribution is 5.89. The lowest BCUT2D eigenvalue weighted by atomic mass is 9.77. The summed E-state index contributed by atoms with van der Waals surface area (Å²) in [4.78, 5) is 11.0. The molecule has 0 spiro atoms. The summed E-state index contributed by atoms with van der Waals surface area (Å²) in [6.07, 6.45) is 1.26. The van der Waals surface area contributed by atoms with Crippen LogP contribution in [-0.2, 0) is 15.6 Å². The third-order valence-corrected chi connectivity index (χ3v) is 3.79. The largest absolute Gasteiger partial charge is 0.493 e. The Morgan fingerprint density at radius 1 is 1.09 bits per heavy atom. The lowest BCUT2D eigenvalue weighted by Crippen LogP contribution is -2.20. The molecular weight excluding hydrogens is 288 g/mol. The normalized spacial score (nSPS) is 13.1. The minimum absolute atomic E-state index is 0.0932. The van der Waals surface area contributed by atoms with Gasteiger partial charge in [-0.25, -0.2) is 4.79 Å². The number of allylic oxidation sites excluding steroid dienone is 1. The summed E-state index contributed by atoms with van der Waals surface area (Å²) in [6.45, 7) is 17.3. The number of hydrogen-bond donors (Lipinski definition) is 1. The van der Waals surface area contributed by atoms with Gasteiger partial charge < -0.3 is 9.84 Å². The van der Waals surface area contributed by atoms with Crippen LogP contribution in [0.1, 0.15) is 72.1 Å². The number of hydrogen-bond acceptors (Lipinski definition) is 2. The van der Waals surface area contributed by atoms with Crippen molar-refractivity contribution >= 4 is 11.5 Å². The molecule has 0 aliphatic heterocycles. The van der Waals surface area contributed by atoms with Crippen molar-refractivity contribution in [2.75, 3.05) is 6.61 Å². The molecule has 0 aliphatic rings. The maximum Gasteiger partial charge on any atom is 0.328 e. The molecule has 0 fully saturated rings. The molecule has 1 aromatic rings. The van der Waals surface area contributed by atoms with Crippen LogP contribution in [0.25, 0.3) is 5.57 Å². The summed E-state index contributed by atoms with van der Waals surface area (Å²) in [5.74, 6) is 0.00498. The zero-order valence-corrected chi connectivity index (χ0v) is 15.7. The minimum atomic E-state index is -0.925. The molecule has 0 atom stereocenters. The Balaban J connectivity index is 3.76. The number of rotatable bonds is 4. The van der Waals surface area contributed by atoms with Gasteiger partial charge in [-0.2, -0.15) is 0 Å². The van der Waals surface area contributed by atoms with E-state index in [-0.39, 0.29) is 10.8 Å². The number of aliphatic carboxylic acids is 1. The Labute approximate surface area is 140 Å². The molecule has 0 bridgehead atoms. The monoisotopic (exact) mass is 318 g/mol. The van der Waals surface area contributed by atoms with Crippen LogP contribution in [0.4, 0.5) is 0 Å². The average Bonchev–Trinajstić information content (AvgIpc) is 2.35. The highest BCUT2D eigenvalue weighted by atomic mass is 16.5. The Morgan fingerprint density at radius 3 is 1.83 bits per heavy atom. The second-order valence-corrected chi connectivity index (χ2v) is 8.00. The number of carboxylic acids is 1. The van der Waals surface area contributed by atoms with Gasteiger partial charge in [-0.15, -0.1) is 0 Å². The van der Waals surface area contributed by atoms with Crippen molar-refractivity contribution in [3.05, 3.63) is 34.9 Å². The number of benzene rings is 1. The zero-order valence-electron chi connectivity index (χ0n) is 15.7. The first-order valence-corrected chi connectivity index (χ1v) is 8.11. The Morgan fingerprint density at radius 2 is 1.52 bits per heavy atom. The summed E-state index contributed by atoms with van der Waals surface area (Å²) in [5.41, 5.74) is 3.72. The van der Waals surface area contributed by atoms with Crippen molar-refractivity contribution in [1.29, 1.82) is 0 Å². The molecule has 1 N–H and O–H groups in total. The molecule has 0 amide bonds. The van der Waals surface area contributed by atoms with Crippen LogP contribution in [0.15, 0.2) is 18.2 Å². The second kappa shape index (κ2) is 6.77. The van der Waals surface area contributed by atoms with Gasteiger partial charge in [-0.3, -0.25) is 0 Å². The molecule has 0 saturated heterocycles. The number of ether oxygens (including phenoxy) is 1. The van der Waals surface area contributed by atoms with E-state index in [9.17, 15) is 4.79 Å². The van der Waals surface area contributed by atoms with Crippen molar-refractivity contribution in [3.63, 3.8) is 0 Å². The topological polar surface area (TPSA) is 46.5 Å². The molecule has 0 aromatic heterocycles. The van der Waals surface area contributed by atoms with Crippen LogP contribution < -0.4 is 4.74 Å². The number of carboxylic acid groups (broad SMARTS) is 1. The van der Waals surface area contributed by atoms with Gasteiger partial charge in [0.1, 0.15) is 5.75 Å². The lowest BCUT2D eigenvalue weighted by molar-refractivity contribution is -0.131. The van der Waals surface area contributed by atoms with Crippen LogP contribution >= 0.6 is 0 Å². The molecule has 128 valence electrons. The first kappa shape index (κ1) is 19.3. The first-order valence-electron chi connectivity index (χ1n) is 8.11. The molecular formula is C20H30O3. The fourth-order valence-electron chi connectivity index (χ4n) is 2.54. The van der Waals surface area contributed by atoms with E-state index >= 15 is 0 Å². The molecule has 1 aromatic carbocycles. The van der Waals surface area contributed by atoms with Gasteiger partial charge in [0.15, 0.2) is 0 Å². The van der Waals surface area contributed by atoms with Crippen molar-refractivity contribution in [1.82, 2.24) is 0 Å². The van der Waals surface area contributed by atoms with E-state index in [4.69, 9.17) is 9.84 Å². The molecule has 0 saturated carbocycles. The Bertz CT molecular complexity index is 576. The molecule has 0 heterocycles. The molecule has 23 heavy (non-hydrogen) atoms. The van der Waals surface area contributed by atoms with Gasteiger partial charge in [0.05, 0.1) is 6.61 Å². The van der Waals surface area contributed by atoms with E-state index < -0.39 is 5.97 Å². The van der Waals surface area contributed by atoms with Crippen molar-refractivity contribution in [3.8, 4) is 5.75 Å². The Hall–Kier alpha value is -1.77. The summed E-state index contributed by atoms with van der Waals surface area (Å²) >= 11 is 0. The van der Waals surface area contributed by atoms with E-state index in [1.807, 2.05) is 13.8 Å². The van der Waals surface area contributed by atoms with Crippen LogP contribution in [0.2, 0.25) is 0 Å². The van der Waals surface area contributed by atoms with E-state index in [1.54, 1.807) is 0 Å². The summed E-state index contributed by atoms with van der Waals surface area (Å²) < 4.78 is 6.00. The van der Waals surface area contributed by atoms with Crippen LogP contribution in [-0.4, -0.2) is 17.7 Å². The van der Waals surface area contributed by atoms with Crippen molar-refractivity contribution in [2.45, 2.75) is 66.2 Å². The van der Waals surface area contributed by atoms with Gasteiger partial charge in [-0.05, 0) is 47.9 Å². The van der Waals surface area contributed by atoms with Crippen LogP contribution in [0.5, 0.6) is 5.75 Å². The minimum Gasteiger partial charge on any atom is -0.493 e. The Kier molecular flexibility index (Phi) is 5.68. The van der Waals surface area contributed by atoms with Crippen molar-refractivity contribution < 1.29 is 14.6 Å². The van der Waals surface area contributed by atoms with Crippen molar-refractivity contribution in [2.24, 2.45) is 0 Å². The quantitative estimate of drug-likeness (QED) is 0.779. The number of carbonyl (C=O) groups is 1. The second-order valence-electron chi connectivity index (χ2n) is 8.00. The SMILES string of the molecule is CCOc1c(C(C)(C)C)cc(/C(C)=C/C(=O)O)cc1C(C)(C)C. The predicted octanol–water partition coefficient (Wildman–Crippen LogP) is 5.17. The third-order valence-electron chi connectivity index (χ3n) is 3.79. The molecule has 3 heteroatoms. The van der Waals surface area contributed by atoms with Crippen LogP contribution in [0.3, 0.4) is 0 Å².